The van der Waals surface area contributed by atoms with Gasteiger partial charge in [-0.1, -0.05) is 13.8 Å². The maximum absolute atomic E-state index is 13.2. The first-order valence-corrected chi connectivity index (χ1v) is 11.9. The number of sulfonamides is 1. The van der Waals surface area contributed by atoms with E-state index in [9.17, 15) is 13.2 Å². The molecule has 160 valence electrons. The zero-order valence-electron chi connectivity index (χ0n) is 17.5. The Morgan fingerprint density at radius 3 is 2.38 bits per heavy atom. The molecule has 3 aliphatic heterocycles. The van der Waals surface area contributed by atoms with Crippen LogP contribution in [-0.2, 0) is 21.2 Å². The number of rotatable bonds is 3. The molecule has 3 atom stereocenters. The largest absolute Gasteiger partial charge is 0.480 e. The molecule has 1 aromatic carbocycles. The van der Waals surface area contributed by atoms with E-state index in [2.05, 4.69) is 25.8 Å². The molecule has 0 N–H and O–H groups in total. The Hall–Kier alpha value is -1.64. The first kappa shape index (κ1) is 20.6. The van der Waals surface area contributed by atoms with Crippen LogP contribution >= 0.6 is 0 Å². The van der Waals surface area contributed by atoms with Crippen molar-refractivity contribution in [3.63, 3.8) is 0 Å². The summed E-state index contributed by atoms with van der Waals surface area (Å²) in [6.07, 6.45) is 0.929. The van der Waals surface area contributed by atoms with Crippen LogP contribution in [0.4, 0.5) is 0 Å². The second kappa shape index (κ2) is 7.89. The van der Waals surface area contributed by atoms with Gasteiger partial charge in [-0.15, -0.1) is 0 Å². The van der Waals surface area contributed by atoms with Crippen molar-refractivity contribution in [2.24, 2.45) is 11.8 Å². The van der Waals surface area contributed by atoms with Gasteiger partial charge in [0.15, 0.2) is 6.10 Å². The van der Waals surface area contributed by atoms with Gasteiger partial charge in [0.25, 0.3) is 5.91 Å². The summed E-state index contributed by atoms with van der Waals surface area (Å²) >= 11 is 0. The lowest BCUT2D eigenvalue weighted by Gasteiger charge is -2.34. The molecule has 29 heavy (non-hydrogen) atoms. The minimum absolute atomic E-state index is 0.00242. The molecule has 0 aliphatic carbocycles. The highest BCUT2D eigenvalue weighted by atomic mass is 32.2. The first-order valence-electron chi connectivity index (χ1n) is 10.5. The first-order chi connectivity index (χ1) is 13.7. The minimum atomic E-state index is -3.54. The summed E-state index contributed by atoms with van der Waals surface area (Å²) in [7, 11) is -1.49. The summed E-state index contributed by atoms with van der Waals surface area (Å²) in [6, 6.07) is 5.02. The molecular formula is C21H31N3O4S. The third-order valence-corrected chi connectivity index (χ3v) is 8.10. The highest BCUT2D eigenvalue weighted by molar-refractivity contribution is 7.89. The number of carbonyl (C=O) groups excluding carboxylic acids is 1. The van der Waals surface area contributed by atoms with E-state index in [1.165, 1.54) is 0 Å². The van der Waals surface area contributed by atoms with Gasteiger partial charge in [-0.2, -0.15) is 4.31 Å². The summed E-state index contributed by atoms with van der Waals surface area (Å²) in [4.78, 5) is 17.2. The normalized spacial score (nSPS) is 28.8. The predicted molar refractivity (Wildman–Crippen MR) is 110 cm³/mol. The van der Waals surface area contributed by atoms with Gasteiger partial charge in [-0.25, -0.2) is 8.42 Å². The second-order valence-electron chi connectivity index (χ2n) is 8.98. The molecule has 2 fully saturated rings. The van der Waals surface area contributed by atoms with Gasteiger partial charge in [0.1, 0.15) is 5.75 Å². The zero-order chi connectivity index (χ0) is 20.8. The van der Waals surface area contributed by atoms with E-state index in [0.717, 1.165) is 25.1 Å². The molecule has 0 spiro atoms. The fourth-order valence-corrected chi connectivity index (χ4v) is 6.44. The number of ether oxygens (including phenoxy) is 1. The molecule has 0 bridgehead atoms. The number of hydrogen-bond donors (Lipinski definition) is 0. The Morgan fingerprint density at radius 1 is 1.07 bits per heavy atom. The van der Waals surface area contributed by atoms with Gasteiger partial charge in [-0.3, -0.25) is 4.79 Å². The molecule has 1 aromatic rings. The van der Waals surface area contributed by atoms with Crippen molar-refractivity contribution in [2.45, 2.75) is 37.7 Å². The maximum Gasteiger partial charge on any atom is 0.264 e. The Balaban J connectivity index is 1.48. The lowest BCUT2D eigenvalue weighted by atomic mass is 9.94. The van der Waals surface area contributed by atoms with Crippen LogP contribution in [0, 0.1) is 11.8 Å². The standard InChI is InChI=1S/C21H31N3O4S/c1-15-10-16(2)14-24(13-15)29(26,27)18-4-5-19-17(11-18)12-20(28-19)21(25)23-8-6-22(3)7-9-23/h4-5,11,15-16,20H,6-10,12-14H2,1-3H3. The third-order valence-electron chi connectivity index (χ3n) is 6.27. The van der Waals surface area contributed by atoms with E-state index < -0.39 is 16.1 Å². The van der Waals surface area contributed by atoms with Gasteiger partial charge in [-0.05, 0) is 49.1 Å². The average Bonchev–Trinajstić information content (AvgIpc) is 3.10. The second-order valence-corrected chi connectivity index (χ2v) is 10.9. The zero-order valence-corrected chi connectivity index (χ0v) is 18.3. The van der Waals surface area contributed by atoms with Gasteiger partial charge in [0, 0.05) is 45.7 Å². The van der Waals surface area contributed by atoms with Crippen LogP contribution in [0.5, 0.6) is 5.75 Å². The number of likely N-dealkylation sites (N-methyl/N-ethyl adjacent to an activating group) is 1. The summed E-state index contributed by atoms with van der Waals surface area (Å²) in [5.74, 6) is 1.34. The number of carbonyl (C=O) groups is 1. The van der Waals surface area contributed by atoms with Crippen LogP contribution in [0.25, 0.3) is 0 Å². The van der Waals surface area contributed by atoms with Crippen LogP contribution in [-0.4, -0.2) is 80.9 Å². The average molecular weight is 422 g/mol. The van der Waals surface area contributed by atoms with Crippen LogP contribution < -0.4 is 4.74 Å². The summed E-state index contributed by atoms with van der Waals surface area (Å²) < 4.78 is 33.8. The van der Waals surface area contributed by atoms with Crippen molar-refractivity contribution in [1.82, 2.24) is 14.1 Å². The molecule has 7 nitrogen and oxygen atoms in total. The highest BCUT2D eigenvalue weighted by Gasteiger charge is 2.36. The van der Waals surface area contributed by atoms with Gasteiger partial charge >= 0.3 is 0 Å². The SMILES string of the molecule is CC1CC(C)CN(S(=O)(=O)c2ccc3c(c2)CC(C(=O)N2CCN(C)CC2)O3)C1. The number of fused-ring (bicyclic) bond motifs is 1. The molecule has 3 aliphatic rings. The number of benzene rings is 1. The Bertz CT molecular complexity index is 870. The Labute approximate surface area is 173 Å². The van der Waals surface area contributed by atoms with E-state index in [1.807, 2.05) is 4.90 Å². The van der Waals surface area contributed by atoms with Gasteiger partial charge in [0.05, 0.1) is 4.90 Å². The van der Waals surface area contributed by atoms with E-state index >= 15 is 0 Å². The summed E-state index contributed by atoms with van der Waals surface area (Å²) in [5.41, 5.74) is 0.802. The lowest BCUT2D eigenvalue weighted by Crippen LogP contribution is -2.51. The van der Waals surface area contributed by atoms with Crippen molar-refractivity contribution in [3.05, 3.63) is 23.8 Å². The molecule has 0 saturated carbocycles. The smallest absolute Gasteiger partial charge is 0.264 e. The molecule has 1 amide bonds. The van der Waals surface area contributed by atoms with Gasteiger partial charge in [0.2, 0.25) is 10.0 Å². The maximum atomic E-state index is 13.2. The fraction of sp³-hybridized carbons (Fsp3) is 0.667. The number of piperidine rings is 1. The van der Waals surface area contributed by atoms with Crippen molar-refractivity contribution >= 4 is 15.9 Å². The molecule has 3 unspecified atom stereocenters. The Kier molecular flexibility index (Phi) is 5.61. The topological polar surface area (TPSA) is 70.2 Å². The third kappa shape index (κ3) is 4.15. The van der Waals surface area contributed by atoms with Crippen molar-refractivity contribution in [2.75, 3.05) is 46.3 Å². The fourth-order valence-electron chi connectivity index (χ4n) is 4.70. The molecule has 3 heterocycles. The molecule has 2 saturated heterocycles. The summed E-state index contributed by atoms with van der Waals surface area (Å²) in [5, 5.41) is 0. The van der Waals surface area contributed by atoms with E-state index in [1.54, 1.807) is 22.5 Å². The van der Waals surface area contributed by atoms with Crippen molar-refractivity contribution in [3.8, 4) is 5.75 Å². The van der Waals surface area contributed by atoms with Crippen LogP contribution in [0.3, 0.4) is 0 Å². The molecule has 0 aromatic heterocycles. The summed E-state index contributed by atoms with van der Waals surface area (Å²) in [6.45, 7) is 8.45. The number of piperazine rings is 1. The van der Waals surface area contributed by atoms with Crippen molar-refractivity contribution < 1.29 is 17.9 Å². The Morgan fingerprint density at radius 2 is 1.72 bits per heavy atom. The molecular weight excluding hydrogens is 390 g/mol. The number of nitrogens with zero attached hydrogens (tertiary/aromatic N) is 3. The van der Waals surface area contributed by atoms with E-state index in [-0.39, 0.29) is 5.91 Å². The number of hydrogen-bond acceptors (Lipinski definition) is 5. The van der Waals surface area contributed by atoms with Crippen LogP contribution in [0.15, 0.2) is 23.1 Å². The molecule has 8 heteroatoms. The van der Waals surface area contributed by atoms with E-state index in [4.69, 9.17) is 4.74 Å². The minimum Gasteiger partial charge on any atom is -0.480 e. The van der Waals surface area contributed by atoms with Crippen molar-refractivity contribution in [1.29, 1.82) is 0 Å². The molecule has 4 rings (SSSR count). The van der Waals surface area contributed by atoms with Gasteiger partial charge < -0.3 is 14.5 Å². The highest BCUT2D eigenvalue weighted by Crippen LogP contribution is 2.34. The predicted octanol–water partition coefficient (Wildman–Crippen LogP) is 1.43. The van der Waals surface area contributed by atoms with Crippen LogP contribution in [0.2, 0.25) is 0 Å². The van der Waals surface area contributed by atoms with E-state index in [0.29, 0.717) is 55.1 Å². The van der Waals surface area contributed by atoms with Crippen LogP contribution in [0.1, 0.15) is 25.8 Å². The monoisotopic (exact) mass is 421 g/mol. The number of amides is 1. The quantitative estimate of drug-likeness (QED) is 0.739. The lowest BCUT2D eigenvalue weighted by molar-refractivity contribution is -0.139. The molecule has 0 radical (unpaired) electrons.